The maximum atomic E-state index is 9.52. The van der Waals surface area contributed by atoms with Crippen LogP contribution in [0.5, 0.6) is 0 Å². The van der Waals surface area contributed by atoms with E-state index in [-0.39, 0.29) is 12.4 Å². The summed E-state index contributed by atoms with van der Waals surface area (Å²) in [6.07, 6.45) is 11.8. The summed E-state index contributed by atoms with van der Waals surface area (Å²) in [5.41, 5.74) is 0. The number of quaternary nitrogens is 1. The average molecular weight is 280 g/mol. The molecule has 1 unspecified atom stereocenters. The van der Waals surface area contributed by atoms with Gasteiger partial charge in [-0.15, -0.1) is 0 Å². The van der Waals surface area contributed by atoms with E-state index in [1.54, 1.807) is 0 Å². The number of hydrogen-bond acceptors (Lipinski definition) is 1. The Kier molecular flexibility index (Phi) is 15.6. The minimum atomic E-state index is 0. The van der Waals surface area contributed by atoms with Crippen LogP contribution in [0.1, 0.15) is 71.6 Å². The second-order valence-corrected chi connectivity index (χ2v) is 5.68. The van der Waals surface area contributed by atoms with Crippen molar-refractivity contribution in [3.05, 3.63) is 0 Å². The summed E-state index contributed by atoms with van der Waals surface area (Å²) < 4.78 is 0.857. The van der Waals surface area contributed by atoms with Gasteiger partial charge >= 0.3 is 0 Å². The van der Waals surface area contributed by atoms with Crippen LogP contribution in [-0.2, 0) is 0 Å². The quantitative estimate of drug-likeness (QED) is 0.320. The fraction of sp³-hybridized carbons (Fsp3) is 1.00. The lowest BCUT2D eigenvalue weighted by Gasteiger charge is -2.32. The van der Waals surface area contributed by atoms with Gasteiger partial charge in [0.1, 0.15) is 0 Å². The molecule has 0 bridgehead atoms. The van der Waals surface area contributed by atoms with Crippen molar-refractivity contribution in [1.82, 2.24) is 0 Å². The zero-order valence-corrected chi connectivity index (χ0v) is 13.5. The van der Waals surface area contributed by atoms with Crippen LogP contribution in [0.2, 0.25) is 0 Å². The number of rotatable bonds is 12. The zero-order valence-electron chi connectivity index (χ0n) is 12.8. The van der Waals surface area contributed by atoms with E-state index in [0.29, 0.717) is 6.73 Å². The van der Waals surface area contributed by atoms with Crippen molar-refractivity contribution in [2.75, 3.05) is 26.9 Å². The Labute approximate surface area is 121 Å². The van der Waals surface area contributed by atoms with Crippen LogP contribution in [0, 0.1) is 0 Å². The van der Waals surface area contributed by atoms with Gasteiger partial charge in [-0.1, -0.05) is 46.0 Å². The summed E-state index contributed by atoms with van der Waals surface area (Å²) in [5, 5.41) is 9.52. The molecule has 112 valence electrons. The van der Waals surface area contributed by atoms with Crippen LogP contribution in [0.15, 0.2) is 0 Å². The molecular weight excluding hydrogens is 246 g/mol. The number of hydrogen-bond donors (Lipinski definition) is 1. The molecule has 0 aromatic rings. The maximum Gasteiger partial charge on any atom is 0.180 e. The van der Waals surface area contributed by atoms with Crippen LogP contribution in [0.4, 0.5) is 0 Å². The van der Waals surface area contributed by atoms with Gasteiger partial charge in [0, 0.05) is 0 Å². The summed E-state index contributed by atoms with van der Waals surface area (Å²) in [7, 11) is 2.20. The molecule has 0 aliphatic rings. The van der Waals surface area contributed by atoms with Crippen LogP contribution < -0.4 is 12.4 Å². The molecule has 0 spiro atoms. The van der Waals surface area contributed by atoms with Crippen molar-refractivity contribution in [3.63, 3.8) is 0 Å². The predicted octanol–water partition coefficient (Wildman–Crippen LogP) is 0.938. The molecule has 0 saturated carbocycles. The Morgan fingerprint density at radius 2 is 1.11 bits per heavy atom. The normalized spacial score (nSPS) is 14.0. The molecule has 0 radical (unpaired) electrons. The molecule has 0 rings (SSSR count). The van der Waals surface area contributed by atoms with Crippen LogP contribution in [0.25, 0.3) is 0 Å². The van der Waals surface area contributed by atoms with Gasteiger partial charge in [0.25, 0.3) is 0 Å². The van der Waals surface area contributed by atoms with Crippen molar-refractivity contribution in [2.24, 2.45) is 0 Å². The summed E-state index contributed by atoms with van der Waals surface area (Å²) in [6.45, 7) is 7.09. The highest BCUT2D eigenvalue weighted by molar-refractivity contribution is 4.45. The summed E-state index contributed by atoms with van der Waals surface area (Å²) >= 11 is 0. The fourth-order valence-corrected chi connectivity index (χ4v) is 2.27. The maximum absolute atomic E-state index is 9.52. The molecule has 0 heterocycles. The highest BCUT2D eigenvalue weighted by Crippen LogP contribution is 2.11. The predicted molar refractivity (Wildman–Crippen MR) is 75.9 cm³/mol. The van der Waals surface area contributed by atoms with Crippen LogP contribution in [-0.4, -0.2) is 36.5 Å². The van der Waals surface area contributed by atoms with Crippen molar-refractivity contribution in [2.45, 2.75) is 71.6 Å². The second kappa shape index (κ2) is 13.6. The monoisotopic (exact) mass is 279 g/mol. The van der Waals surface area contributed by atoms with Crippen molar-refractivity contribution in [1.29, 1.82) is 0 Å². The van der Waals surface area contributed by atoms with Gasteiger partial charge in [-0.05, 0) is 25.7 Å². The molecule has 0 aliphatic carbocycles. The summed E-state index contributed by atoms with van der Waals surface area (Å²) in [6, 6.07) is 0. The zero-order chi connectivity index (χ0) is 13.0. The Hall–Kier alpha value is 0.210. The molecule has 1 N–H and O–H groups in total. The van der Waals surface area contributed by atoms with E-state index < -0.39 is 0 Å². The Morgan fingerprint density at radius 1 is 0.722 bits per heavy atom. The fourth-order valence-electron chi connectivity index (χ4n) is 2.27. The SMILES string of the molecule is CCCCCCC[N+](C)(CO)CCCCCC.[Cl-]. The van der Waals surface area contributed by atoms with E-state index in [1.807, 2.05) is 0 Å². The van der Waals surface area contributed by atoms with Crippen LogP contribution in [0.3, 0.4) is 0 Å². The Bertz CT molecular complexity index is 167. The van der Waals surface area contributed by atoms with Crippen LogP contribution >= 0.6 is 0 Å². The van der Waals surface area contributed by atoms with Crippen molar-refractivity contribution in [3.8, 4) is 0 Å². The third-order valence-corrected chi connectivity index (χ3v) is 3.69. The van der Waals surface area contributed by atoms with Gasteiger partial charge in [0.15, 0.2) is 6.73 Å². The standard InChI is InChI=1S/C15H34NO.ClH/c1-4-6-8-10-12-14-16(3,15-17)13-11-9-7-5-2;/h17H,4-15H2,1-3H3;1H/q+1;/p-1. The lowest BCUT2D eigenvalue weighted by Crippen LogP contribution is -3.00. The highest BCUT2D eigenvalue weighted by atomic mass is 35.5. The van der Waals surface area contributed by atoms with E-state index in [4.69, 9.17) is 0 Å². The van der Waals surface area contributed by atoms with E-state index in [1.165, 1.54) is 57.8 Å². The van der Waals surface area contributed by atoms with Gasteiger partial charge < -0.3 is 22.0 Å². The van der Waals surface area contributed by atoms with Gasteiger partial charge in [0.05, 0.1) is 20.1 Å². The molecule has 2 nitrogen and oxygen atoms in total. The number of nitrogens with zero attached hydrogens (tertiary/aromatic N) is 1. The van der Waals surface area contributed by atoms with E-state index >= 15 is 0 Å². The molecular formula is C15H34ClNO. The van der Waals surface area contributed by atoms with E-state index in [9.17, 15) is 5.11 Å². The molecule has 0 aromatic carbocycles. The highest BCUT2D eigenvalue weighted by Gasteiger charge is 2.18. The largest absolute Gasteiger partial charge is 1.00 e. The first kappa shape index (κ1) is 20.5. The van der Waals surface area contributed by atoms with Crippen molar-refractivity contribution >= 4 is 0 Å². The minimum absolute atomic E-state index is 0. The van der Waals surface area contributed by atoms with Gasteiger partial charge in [0.2, 0.25) is 0 Å². The van der Waals surface area contributed by atoms with E-state index in [2.05, 4.69) is 20.9 Å². The molecule has 0 aromatic heterocycles. The Balaban J connectivity index is 0. The molecule has 3 heteroatoms. The van der Waals surface area contributed by atoms with Crippen molar-refractivity contribution < 1.29 is 22.0 Å². The molecule has 0 fully saturated rings. The van der Waals surface area contributed by atoms with E-state index in [0.717, 1.165) is 17.6 Å². The number of aliphatic hydroxyl groups is 1. The third-order valence-electron chi connectivity index (χ3n) is 3.69. The number of halogens is 1. The first-order valence-electron chi connectivity index (χ1n) is 7.63. The average Bonchev–Trinajstić information content (AvgIpc) is 2.34. The summed E-state index contributed by atoms with van der Waals surface area (Å²) in [4.78, 5) is 0. The minimum Gasteiger partial charge on any atom is -1.00 e. The summed E-state index contributed by atoms with van der Waals surface area (Å²) in [5.74, 6) is 0. The molecule has 0 saturated heterocycles. The Morgan fingerprint density at radius 3 is 1.50 bits per heavy atom. The smallest absolute Gasteiger partial charge is 0.180 e. The number of unbranched alkanes of at least 4 members (excludes halogenated alkanes) is 7. The lowest BCUT2D eigenvalue weighted by molar-refractivity contribution is -0.927. The number of aliphatic hydroxyl groups excluding tert-OH is 1. The molecule has 18 heavy (non-hydrogen) atoms. The van der Waals surface area contributed by atoms with Gasteiger partial charge in [-0.2, -0.15) is 0 Å². The third kappa shape index (κ3) is 11.3. The molecule has 0 amide bonds. The second-order valence-electron chi connectivity index (χ2n) is 5.68. The molecule has 0 aliphatic heterocycles. The first-order chi connectivity index (χ1) is 8.18. The van der Waals surface area contributed by atoms with Gasteiger partial charge in [-0.3, -0.25) is 0 Å². The topological polar surface area (TPSA) is 20.2 Å². The molecule has 1 atom stereocenters. The first-order valence-corrected chi connectivity index (χ1v) is 7.63. The lowest BCUT2D eigenvalue weighted by atomic mass is 10.1. The van der Waals surface area contributed by atoms with Gasteiger partial charge in [-0.25, -0.2) is 0 Å².